The Bertz CT molecular complexity index is 944. The minimum Gasteiger partial charge on any atom is -0.337 e. The quantitative estimate of drug-likeness (QED) is 0.648. The van der Waals surface area contributed by atoms with Crippen LogP contribution in [0, 0.1) is 17.2 Å². The van der Waals surface area contributed by atoms with Gasteiger partial charge in [-0.05, 0) is 66.8 Å². The van der Waals surface area contributed by atoms with Crippen LogP contribution >= 0.6 is 11.6 Å². The van der Waals surface area contributed by atoms with Gasteiger partial charge in [0, 0.05) is 35.3 Å². The van der Waals surface area contributed by atoms with E-state index in [9.17, 15) is 14.0 Å². The van der Waals surface area contributed by atoms with Gasteiger partial charge in [0.1, 0.15) is 5.82 Å². The number of hydrogen-bond donors (Lipinski definition) is 2. The van der Waals surface area contributed by atoms with E-state index < -0.39 is 11.7 Å². The van der Waals surface area contributed by atoms with Crippen LogP contribution in [-0.4, -0.2) is 29.8 Å². The molecule has 2 aromatic carbocycles. The van der Waals surface area contributed by atoms with Crippen molar-refractivity contribution in [1.82, 2.24) is 4.90 Å². The van der Waals surface area contributed by atoms with Crippen LogP contribution in [0.4, 0.5) is 10.1 Å². The van der Waals surface area contributed by atoms with Crippen LogP contribution in [0.2, 0.25) is 5.02 Å². The number of benzene rings is 2. The minimum atomic E-state index is -0.476. The van der Waals surface area contributed by atoms with Gasteiger partial charge in [0.05, 0.1) is 0 Å². The first-order valence-electron chi connectivity index (χ1n) is 10.0. The molecule has 2 aromatic rings. The molecule has 5 nitrogen and oxygen atoms in total. The Morgan fingerprint density at radius 3 is 2.60 bits per heavy atom. The first-order chi connectivity index (χ1) is 14.2. The molecule has 30 heavy (non-hydrogen) atoms. The molecule has 1 aliphatic carbocycles. The van der Waals surface area contributed by atoms with Gasteiger partial charge in [0.25, 0.3) is 5.91 Å². The average Bonchev–Trinajstić information content (AvgIpc) is 3.54. The fourth-order valence-corrected chi connectivity index (χ4v) is 3.37. The molecule has 0 unspecified atom stereocenters. The molecule has 0 spiro atoms. The van der Waals surface area contributed by atoms with E-state index >= 15 is 0 Å². The molecule has 1 aliphatic rings. The monoisotopic (exact) mass is 431 g/mol. The Hall–Kier alpha value is -2.44. The Balaban J connectivity index is 1.78. The maximum Gasteiger partial charge on any atom is 0.255 e. The van der Waals surface area contributed by atoms with Crippen LogP contribution in [-0.2, 0) is 11.3 Å². The van der Waals surface area contributed by atoms with Crippen molar-refractivity contribution in [3.05, 3.63) is 64.4 Å². The third-order valence-corrected chi connectivity index (χ3v) is 5.53. The Labute approximate surface area is 181 Å². The van der Waals surface area contributed by atoms with E-state index in [0.717, 1.165) is 18.4 Å². The fourth-order valence-electron chi connectivity index (χ4n) is 3.19. The second kappa shape index (κ2) is 9.14. The lowest BCUT2D eigenvalue weighted by Crippen LogP contribution is -2.42. The fraction of sp³-hybridized carbons (Fsp3) is 0.391. The lowest BCUT2D eigenvalue weighted by molar-refractivity contribution is -0.134. The smallest absolute Gasteiger partial charge is 0.255 e. The van der Waals surface area contributed by atoms with Crippen LogP contribution in [0.5, 0.6) is 0 Å². The van der Waals surface area contributed by atoms with Gasteiger partial charge in [0.15, 0.2) is 0 Å². The summed E-state index contributed by atoms with van der Waals surface area (Å²) in [6.07, 6.45) is 1.83. The number of nitrogens with one attached hydrogen (secondary N) is 1. The van der Waals surface area contributed by atoms with Gasteiger partial charge in [-0.3, -0.25) is 9.59 Å². The molecule has 0 atom stereocenters. The number of amides is 2. The molecule has 7 heteroatoms. The summed E-state index contributed by atoms with van der Waals surface area (Å²) < 4.78 is 13.4. The molecule has 0 aliphatic heterocycles. The van der Waals surface area contributed by atoms with Gasteiger partial charge in [0.2, 0.25) is 5.91 Å². The summed E-state index contributed by atoms with van der Waals surface area (Å²) >= 11 is 6.39. The second-order valence-electron chi connectivity index (χ2n) is 8.61. The number of rotatable bonds is 8. The van der Waals surface area contributed by atoms with Crippen LogP contribution in [0.25, 0.3) is 0 Å². The van der Waals surface area contributed by atoms with Crippen LogP contribution in [0.3, 0.4) is 0 Å². The number of carbonyl (C=O) groups excluding carboxylic acids is 2. The molecule has 160 valence electrons. The highest BCUT2D eigenvalue weighted by molar-refractivity contribution is 6.31. The normalized spacial score (nSPS) is 13.8. The zero-order valence-corrected chi connectivity index (χ0v) is 18.0. The van der Waals surface area contributed by atoms with E-state index in [1.807, 2.05) is 18.7 Å². The maximum absolute atomic E-state index is 13.4. The van der Waals surface area contributed by atoms with Gasteiger partial charge in [-0.25, -0.2) is 4.39 Å². The molecule has 0 radical (unpaired) electrons. The summed E-state index contributed by atoms with van der Waals surface area (Å²) in [4.78, 5) is 27.1. The largest absolute Gasteiger partial charge is 0.337 e. The summed E-state index contributed by atoms with van der Waals surface area (Å²) in [5.41, 5.74) is 7.14. The van der Waals surface area contributed by atoms with E-state index in [2.05, 4.69) is 5.32 Å². The predicted octanol–water partition coefficient (Wildman–Crippen LogP) is 4.45. The zero-order chi connectivity index (χ0) is 21.9. The van der Waals surface area contributed by atoms with Crippen molar-refractivity contribution in [2.24, 2.45) is 17.1 Å². The number of nitrogens with zero attached hydrogens (tertiary/aromatic N) is 1. The Kier molecular flexibility index (Phi) is 6.78. The molecule has 0 aromatic heterocycles. The summed E-state index contributed by atoms with van der Waals surface area (Å²) in [6.45, 7) is 5.37. The lowest BCUT2D eigenvalue weighted by atomic mass is 9.92. The predicted molar refractivity (Wildman–Crippen MR) is 117 cm³/mol. The lowest BCUT2D eigenvalue weighted by Gasteiger charge is -2.32. The van der Waals surface area contributed by atoms with Crippen molar-refractivity contribution < 1.29 is 14.0 Å². The van der Waals surface area contributed by atoms with E-state index in [-0.39, 0.29) is 22.8 Å². The highest BCUT2D eigenvalue weighted by atomic mass is 35.5. The Morgan fingerprint density at radius 2 is 1.97 bits per heavy atom. The maximum atomic E-state index is 13.4. The van der Waals surface area contributed by atoms with Gasteiger partial charge in [-0.1, -0.05) is 31.5 Å². The number of carbonyl (C=O) groups is 2. The van der Waals surface area contributed by atoms with Crippen LogP contribution in [0.1, 0.15) is 42.6 Å². The molecule has 3 rings (SSSR count). The topological polar surface area (TPSA) is 75.4 Å². The molecule has 1 fully saturated rings. The van der Waals surface area contributed by atoms with Crippen molar-refractivity contribution in [1.29, 1.82) is 0 Å². The van der Waals surface area contributed by atoms with Crippen molar-refractivity contribution in [3.63, 3.8) is 0 Å². The molecular formula is C23H27ClFN3O2. The molecular weight excluding hydrogens is 405 g/mol. The van der Waals surface area contributed by atoms with E-state index in [0.29, 0.717) is 30.3 Å². The molecule has 0 saturated heterocycles. The highest BCUT2D eigenvalue weighted by Gasteiger charge is 2.35. The van der Waals surface area contributed by atoms with Crippen LogP contribution in [0.15, 0.2) is 42.5 Å². The standard InChI is InChI=1S/C23H27ClFN3O2/c1-23(2,13-26)14-28(22(30)15-6-7-15)12-17-11-19(8-9-20(17)24)27-21(29)16-4-3-5-18(25)10-16/h3-5,8-11,15H,6-7,12-14,26H2,1-2H3,(H,27,29). The van der Waals surface area contributed by atoms with Gasteiger partial charge >= 0.3 is 0 Å². The average molecular weight is 432 g/mol. The van der Waals surface area contributed by atoms with Gasteiger partial charge in [-0.15, -0.1) is 0 Å². The molecule has 0 heterocycles. The summed E-state index contributed by atoms with van der Waals surface area (Å²) in [7, 11) is 0. The first kappa shape index (κ1) is 22.2. The second-order valence-corrected chi connectivity index (χ2v) is 9.01. The molecule has 2 amide bonds. The molecule has 3 N–H and O–H groups in total. The molecule has 1 saturated carbocycles. The zero-order valence-electron chi connectivity index (χ0n) is 17.3. The van der Waals surface area contributed by atoms with E-state index in [1.54, 1.807) is 24.3 Å². The summed E-state index contributed by atoms with van der Waals surface area (Å²) in [5.74, 6) is -0.704. The van der Waals surface area contributed by atoms with Gasteiger partial charge in [-0.2, -0.15) is 0 Å². The number of anilines is 1. The minimum absolute atomic E-state index is 0.0770. The highest BCUT2D eigenvalue weighted by Crippen LogP contribution is 2.33. The number of halogens is 2. The van der Waals surface area contributed by atoms with Crippen molar-refractivity contribution in [3.8, 4) is 0 Å². The van der Waals surface area contributed by atoms with Crippen molar-refractivity contribution in [2.75, 3.05) is 18.4 Å². The van der Waals surface area contributed by atoms with E-state index in [4.69, 9.17) is 17.3 Å². The third-order valence-electron chi connectivity index (χ3n) is 5.16. The van der Waals surface area contributed by atoms with Gasteiger partial charge < -0.3 is 16.0 Å². The van der Waals surface area contributed by atoms with Crippen molar-refractivity contribution in [2.45, 2.75) is 33.2 Å². The van der Waals surface area contributed by atoms with Crippen molar-refractivity contribution >= 4 is 29.1 Å². The SMILES string of the molecule is CC(C)(CN)CN(Cc1cc(NC(=O)c2cccc(F)c2)ccc1Cl)C(=O)C1CC1. The van der Waals surface area contributed by atoms with E-state index in [1.165, 1.54) is 18.2 Å². The number of hydrogen-bond acceptors (Lipinski definition) is 3. The summed E-state index contributed by atoms with van der Waals surface area (Å²) in [5, 5.41) is 3.27. The number of nitrogens with two attached hydrogens (primary N) is 1. The first-order valence-corrected chi connectivity index (χ1v) is 10.4. The Morgan fingerprint density at radius 1 is 1.23 bits per heavy atom. The summed E-state index contributed by atoms with van der Waals surface area (Å²) in [6, 6.07) is 10.6. The molecule has 0 bridgehead atoms. The third kappa shape index (κ3) is 5.80. The van der Waals surface area contributed by atoms with Crippen LogP contribution < -0.4 is 11.1 Å².